The van der Waals surface area contributed by atoms with Gasteiger partial charge >= 0.3 is 0 Å². The van der Waals surface area contributed by atoms with Crippen LogP contribution in [0.25, 0.3) is 0 Å². The Labute approximate surface area is 118 Å². The van der Waals surface area contributed by atoms with E-state index in [4.69, 9.17) is 17.3 Å². The quantitative estimate of drug-likeness (QED) is 0.837. The van der Waals surface area contributed by atoms with Crippen molar-refractivity contribution in [3.05, 3.63) is 63.7 Å². The van der Waals surface area contributed by atoms with Crippen molar-refractivity contribution in [2.75, 3.05) is 5.73 Å². The van der Waals surface area contributed by atoms with Crippen molar-refractivity contribution in [2.45, 2.75) is 26.4 Å². The number of rotatable bonds is 3. The van der Waals surface area contributed by atoms with E-state index in [9.17, 15) is 5.11 Å². The van der Waals surface area contributed by atoms with E-state index in [0.29, 0.717) is 17.1 Å². The first kappa shape index (κ1) is 13.9. The number of aliphatic hydroxyl groups excluding tert-OH is 1. The van der Waals surface area contributed by atoms with Crippen LogP contribution in [0.3, 0.4) is 0 Å². The van der Waals surface area contributed by atoms with E-state index in [1.807, 2.05) is 13.8 Å². The second-order valence-electron chi connectivity index (χ2n) is 4.92. The molecule has 0 fully saturated rings. The van der Waals surface area contributed by atoms with Gasteiger partial charge < -0.3 is 10.8 Å². The molecule has 0 spiro atoms. The molecule has 2 rings (SSSR count). The van der Waals surface area contributed by atoms with Crippen molar-refractivity contribution < 1.29 is 5.11 Å². The van der Waals surface area contributed by atoms with Gasteiger partial charge in [0.15, 0.2) is 0 Å². The fraction of sp³-hybridized carbons (Fsp3) is 0.250. The van der Waals surface area contributed by atoms with E-state index in [1.54, 1.807) is 18.2 Å². The minimum Gasteiger partial charge on any atom is -0.398 e. The van der Waals surface area contributed by atoms with Gasteiger partial charge in [0.05, 0.1) is 6.10 Å². The summed E-state index contributed by atoms with van der Waals surface area (Å²) in [4.78, 5) is 0. The minimum atomic E-state index is -0.613. The number of anilines is 1. The van der Waals surface area contributed by atoms with Crippen molar-refractivity contribution in [1.82, 2.24) is 0 Å². The van der Waals surface area contributed by atoms with Crippen LogP contribution in [0.2, 0.25) is 5.02 Å². The SMILES string of the molecule is Cc1ccc(C)c(CC(O)c2ccc(Cl)cc2N)c1. The molecule has 2 nitrogen and oxygen atoms in total. The van der Waals surface area contributed by atoms with Gasteiger partial charge in [0.25, 0.3) is 0 Å². The van der Waals surface area contributed by atoms with E-state index in [0.717, 1.165) is 11.1 Å². The maximum absolute atomic E-state index is 10.3. The van der Waals surface area contributed by atoms with Gasteiger partial charge in [-0.05, 0) is 37.1 Å². The highest BCUT2D eigenvalue weighted by Gasteiger charge is 2.13. The van der Waals surface area contributed by atoms with Crippen molar-refractivity contribution >= 4 is 17.3 Å². The molecule has 0 aliphatic carbocycles. The van der Waals surface area contributed by atoms with Crippen LogP contribution in [0.1, 0.15) is 28.4 Å². The number of hydrogen-bond donors (Lipinski definition) is 2. The molecule has 0 aromatic heterocycles. The fourth-order valence-electron chi connectivity index (χ4n) is 2.19. The zero-order valence-electron chi connectivity index (χ0n) is 11.2. The second-order valence-corrected chi connectivity index (χ2v) is 5.36. The van der Waals surface area contributed by atoms with E-state index < -0.39 is 6.10 Å². The third-order valence-electron chi connectivity index (χ3n) is 3.33. The number of benzene rings is 2. The smallest absolute Gasteiger partial charge is 0.0850 e. The van der Waals surface area contributed by atoms with Crippen LogP contribution in [-0.2, 0) is 6.42 Å². The number of hydrogen-bond acceptors (Lipinski definition) is 2. The lowest BCUT2D eigenvalue weighted by molar-refractivity contribution is 0.179. The van der Waals surface area contributed by atoms with Gasteiger partial charge in [-0.2, -0.15) is 0 Å². The molecule has 1 atom stereocenters. The Bertz CT molecular complexity index is 595. The van der Waals surface area contributed by atoms with Crippen LogP contribution < -0.4 is 5.73 Å². The van der Waals surface area contributed by atoms with Crippen molar-refractivity contribution in [3.8, 4) is 0 Å². The summed E-state index contributed by atoms with van der Waals surface area (Å²) in [5.74, 6) is 0. The molecule has 0 bridgehead atoms. The Balaban J connectivity index is 2.25. The molecule has 0 aliphatic rings. The molecule has 3 heteroatoms. The zero-order valence-corrected chi connectivity index (χ0v) is 11.9. The van der Waals surface area contributed by atoms with Crippen LogP contribution in [0.5, 0.6) is 0 Å². The van der Waals surface area contributed by atoms with Gasteiger partial charge in [0.2, 0.25) is 0 Å². The lowest BCUT2D eigenvalue weighted by atomic mass is 9.96. The summed E-state index contributed by atoms with van der Waals surface area (Å²) in [6.45, 7) is 4.10. The van der Waals surface area contributed by atoms with Crippen molar-refractivity contribution in [3.63, 3.8) is 0 Å². The highest BCUT2D eigenvalue weighted by Crippen LogP contribution is 2.27. The van der Waals surface area contributed by atoms with Crippen LogP contribution in [0.4, 0.5) is 5.69 Å². The van der Waals surface area contributed by atoms with Crippen molar-refractivity contribution in [1.29, 1.82) is 0 Å². The van der Waals surface area contributed by atoms with Gasteiger partial charge in [-0.3, -0.25) is 0 Å². The first-order valence-electron chi connectivity index (χ1n) is 6.26. The highest BCUT2D eigenvalue weighted by atomic mass is 35.5. The molecule has 3 N–H and O–H groups in total. The molecular formula is C16H18ClNO. The molecule has 1 unspecified atom stereocenters. The second kappa shape index (κ2) is 5.64. The maximum Gasteiger partial charge on any atom is 0.0850 e. The van der Waals surface area contributed by atoms with E-state index >= 15 is 0 Å². The minimum absolute atomic E-state index is 0.533. The highest BCUT2D eigenvalue weighted by molar-refractivity contribution is 6.30. The van der Waals surface area contributed by atoms with E-state index in [1.165, 1.54) is 11.1 Å². The number of aryl methyl sites for hydroxylation is 2. The van der Waals surface area contributed by atoms with Crippen LogP contribution >= 0.6 is 11.6 Å². The number of halogens is 1. The molecule has 0 amide bonds. The molecule has 19 heavy (non-hydrogen) atoms. The van der Waals surface area contributed by atoms with Crippen molar-refractivity contribution in [2.24, 2.45) is 0 Å². The molecule has 2 aromatic carbocycles. The molecule has 0 saturated heterocycles. The third-order valence-corrected chi connectivity index (χ3v) is 3.56. The average Bonchev–Trinajstić information content (AvgIpc) is 2.33. The van der Waals surface area contributed by atoms with Gasteiger partial charge in [0, 0.05) is 22.7 Å². The Morgan fingerprint density at radius 1 is 1.16 bits per heavy atom. The summed E-state index contributed by atoms with van der Waals surface area (Å²) in [7, 11) is 0. The van der Waals surface area contributed by atoms with Gasteiger partial charge in [0.1, 0.15) is 0 Å². The first-order chi connectivity index (χ1) is 8.97. The molecule has 0 saturated carbocycles. The molecule has 0 heterocycles. The van der Waals surface area contributed by atoms with Crippen LogP contribution in [-0.4, -0.2) is 5.11 Å². The molecular weight excluding hydrogens is 258 g/mol. The summed E-state index contributed by atoms with van der Waals surface area (Å²) in [6.07, 6.45) is -0.0583. The van der Waals surface area contributed by atoms with E-state index in [2.05, 4.69) is 18.2 Å². The Kier molecular flexibility index (Phi) is 4.13. The van der Waals surface area contributed by atoms with Gasteiger partial charge in [-0.1, -0.05) is 41.4 Å². The van der Waals surface area contributed by atoms with E-state index in [-0.39, 0.29) is 0 Å². The fourth-order valence-corrected chi connectivity index (χ4v) is 2.37. The average molecular weight is 276 g/mol. The predicted octanol–water partition coefficient (Wildman–Crippen LogP) is 3.82. The molecule has 100 valence electrons. The Hall–Kier alpha value is -1.51. The maximum atomic E-state index is 10.3. The molecule has 0 radical (unpaired) electrons. The topological polar surface area (TPSA) is 46.2 Å². The van der Waals surface area contributed by atoms with Gasteiger partial charge in [-0.15, -0.1) is 0 Å². The zero-order chi connectivity index (χ0) is 14.0. The first-order valence-corrected chi connectivity index (χ1v) is 6.64. The monoisotopic (exact) mass is 275 g/mol. The standard InChI is InChI=1S/C16H18ClNO/c1-10-3-4-11(2)12(7-10)8-16(19)14-6-5-13(17)9-15(14)18/h3-7,9,16,19H,8,18H2,1-2H3. The summed E-state index contributed by atoms with van der Waals surface area (Å²) in [6, 6.07) is 11.4. The summed E-state index contributed by atoms with van der Waals surface area (Å²) in [5.41, 5.74) is 10.7. The van der Waals surface area contributed by atoms with Crippen LogP contribution in [0.15, 0.2) is 36.4 Å². The molecule has 2 aromatic rings. The summed E-state index contributed by atoms with van der Waals surface area (Å²) >= 11 is 5.87. The third kappa shape index (κ3) is 3.28. The number of nitrogens with two attached hydrogens (primary N) is 1. The number of nitrogen functional groups attached to an aromatic ring is 1. The Morgan fingerprint density at radius 3 is 2.58 bits per heavy atom. The predicted molar refractivity (Wildman–Crippen MR) is 80.4 cm³/mol. The Morgan fingerprint density at radius 2 is 1.89 bits per heavy atom. The lowest BCUT2D eigenvalue weighted by Gasteiger charge is -2.15. The summed E-state index contributed by atoms with van der Waals surface area (Å²) < 4.78 is 0. The molecule has 0 aliphatic heterocycles. The van der Waals surface area contributed by atoms with Crippen LogP contribution in [0, 0.1) is 13.8 Å². The summed E-state index contributed by atoms with van der Waals surface area (Å²) in [5, 5.41) is 10.9. The van der Waals surface area contributed by atoms with Gasteiger partial charge in [-0.25, -0.2) is 0 Å². The normalized spacial score (nSPS) is 12.4. The lowest BCUT2D eigenvalue weighted by Crippen LogP contribution is -2.06. The largest absolute Gasteiger partial charge is 0.398 e. The number of aliphatic hydroxyl groups is 1.